The molecule has 4 rings (SSSR count). The van der Waals surface area contributed by atoms with Gasteiger partial charge in [0.05, 0.1) is 17.2 Å². The minimum absolute atomic E-state index is 0.129. The zero-order chi connectivity index (χ0) is 24.8. The molecule has 0 spiro atoms. The Labute approximate surface area is 199 Å². The molecule has 3 aromatic rings. The standard InChI is InChI=1S/C22H20F4N4O2S2/c1-12-20(34(27)32)33-21(28-12)29(2)19(31)14-10-30(11-14)16-6-3-13(4-7-16)17-9-15(22(24,25)26)5-8-18(17)23/h3-9,14H,10-11,27H2,1-2H3. The van der Waals surface area contributed by atoms with E-state index in [0.717, 1.165) is 29.2 Å². The number of aryl methyl sites for hydroxylation is 1. The molecule has 0 bridgehead atoms. The largest absolute Gasteiger partial charge is 0.416 e. The number of carbonyl (C=O) groups excluding carboxylic acids is 1. The van der Waals surface area contributed by atoms with Gasteiger partial charge in [-0.25, -0.2) is 18.7 Å². The van der Waals surface area contributed by atoms with Gasteiger partial charge in [-0.1, -0.05) is 23.5 Å². The summed E-state index contributed by atoms with van der Waals surface area (Å²) in [4.78, 5) is 20.4. The number of thiazole rings is 1. The van der Waals surface area contributed by atoms with Gasteiger partial charge in [-0.15, -0.1) is 0 Å². The van der Waals surface area contributed by atoms with Gasteiger partial charge in [-0.05, 0) is 42.8 Å². The first-order chi connectivity index (χ1) is 16.0. The van der Waals surface area contributed by atoms with E-state index in [1.54, 1.807) is 38.2 Å². The lowest BCUT2D eigenvalue weighted by atomic mass is 9.96. The summed E-state index contributed by atoms with van der Waals surface area (Å²) in [7, 11) is -0.0692. The van der Waals surface area contributed by atoms with Crippen molar-refractivity contribution in [3.63, 3.8) is 0 Å². The number of benzene rings is 2. The Hall–Kier alpha value is -2.83. The lowest BCUT2D eigenvalue weighted by Crippen LogP contribution is -2.54. The Balaban J connectivity index is 1.42. The molecule has 1 aliphatic heterocycles. The Kier molecular flexibility index (Phi) is 6.49. The zero-order valence-corrected chi connectivity index (χ0v) is 19.7. The van der Waals surface area contributed by atoms with E-state index in [9.17, 15) is 26.6 Å². The second-order valence-corrected chi connectivity index (χ2v) is 10.1. The highest BCUT2D eigenvalue weighted by molar-refractivity contribution is 7.85. The topological polar surface area (TPSA) is 79.5 Å². The normalized spacial score (nSPS) is 15.2. The zero-order valence-electron chi connectivity index (χ0n) is 18.1. The van der Waals surface area contributed by atoms with Gasteiger partial charge >= 0.3 is 6.18 Å². The number of rotatable bonds is 5. The molecule has 12 heteroatoms. The summed E-state index contributed by atoms with van der Waals surface area (Å²) in [6.45, 7) is 2.57. The van der Waals surface area contributed by atoms with E-state index in [-0.39, 0.29) is 17.4 Å². The van der Waals surface area contributed by atoms with Gasteiger partial charge in [0.1, 0.15) is 21.0 Å². The number of nitrogens with zero attached hydrogens (tertiary/aromatic N) is 3. The smallest absolute Gasteiger partial charge is 0.370 e. The average Bonchev–Trinajstić information content (AvgIpc) is 3.14. The third-order valence-electron chi connectivity index (χ3n) is 5.61. The van der Waals surface area contributed by atoms with Gasteiger partial charge in [0.2, 0.25) is 5.91 Å². The first-order valence-corrected chi connectivity index (χ1v) is 12.1. The van der Waals surface area contributed by atoms with Crippen molar-refractivity contribution in [1.82, 2.24) is 4.98 Å². The van der Waals surface area contributed by atoms with E-state index < -0.39 is 28.5 Å². The molecule has 1 saturated heterocycles. The molecule has 1 unspecified atom stereocenters. The fourth-order valence-electron chi connectivity index (χ4n) is 3.69. The first kappa shape index (κ1) is 24.3. The molecule has 2 heterocycles. The summed E-state index contributed by atoms with van der Waals surface area (Å²) < 4.78 is 65.1. The SMILES string of the molecule is Cc1nc(N(C)C(=O)C2CN(c3ccc(-c4cc(C(F)(F)F)ccc4F)cc3)C2)sc1S(N)=O. The van der Waals surface area contributed by atoms with E-state index in [4.69, 9.17) is 5.14 Å². The quantitative estimate of drug-likeness (QED) is 0.516. The first-order valence-electron chi connectivity index (χ1n) is 10.1. The second-order valence-electron chi connectivity index (χ2n) is 7.91. The number of anilines is 2. The maximum absolute atomic E-state index is 14.2. The molecule has 2 aromatic carbocycles. The minimum atomic E-state index is -4.56. The van der Waals surface area contributed by atoms with Crippen molar-refractivity contribution in [1.29, 1.82) is 0 Å². The van der Waals surface area contributed by atoms with E-state index in [2.05, 4.69) is 4.98 Å². The summed E-state index contributed by atoms with van der Waals surface area (Å²) in [5.41, 5.74) is 0.576. The molecule has 1 aliphatic rings. The summed E-state index contributed by atoms with van der Waals surface area (Å²) in [6, 6.07) is 8.81. The molecule has 1 atom stereocenters. The third-order valence-corrected chi connectivity index (χ3v) is 8.04. The Bertz CT molecular complexity index is 1250. The molecular weight excluding hydrogens is 492 g/mol. The predicted molar refractivity (Wildman–Crippen MR) is 123 cm³/mol. The third kappa shape index (κ3) is 4.70. The maximum atomic E-state index is 14.2. The van der Waals surface area contributed by atoms with Gasteiger partial charge in [-0.3, -0.25) is 9.69 Å². The lowest BCUT2D eigenvalue weighted by Gasteiger charge is -2.41. The van der Waals surface area contributed by atoms with Crippen LogP contribution in [-0.4, -0.2) is 35.2 Å². The highest BCUT2D eigenvalue weighted by Crippen LogP contribution is 2.35. The second kappa shape index (κ2) is 9.08. The van der Waals surface area contributed by atoms with Crippen LogP contribution in [0.2, 0.25) is 0 Å². The fourth-order valence-corrected chi connectivity index (χ4v) is 5.34. The number of aromatic nitrogens is 1. The molecule has 1 aromatic heterocycles. The average molecular weight is 513 g/mol. The van der Waals surface area contributed by atoms with Crippen LogP contribution < -0.4 is 14.9 Å². The van der Waals surface area contributed by atoms with Gasteiger partial charge in [-0.2, -0.15) is 13.2 Å². The molecule has 1 fully saturated rings. The van der Waals surface area contributed by atoms with Crippen molar-refractivity contribution in [2.75, 3.05) is 29.9 Å². The highest BCUT2D eigenvalue weighted by Gasteiger charge is 2.36. The van der Waals surface area contributed by atoms with Gasteiger partial charge in [0.15, 0.2) is 5.13 Å². The van der Waals surface area contributed by atoms with E-state index in [1.165, 1.54) is 4.90 Å². The number of amides is 1. The molecule has 180 valence electrons. The highest BCUT2D eigenvalue weighted by atomic mass is 32.2. The molecule has 34 heavy (non-hydrogen) atoms. The van der Waals surface area contributed by atoms with Crippen LogP contribution in [0.1, 0.15) is 11.3 Å². The van der Waals surface area contributed by atoms with Crippen molar-refractivity contribution in [3.05, 3.63) is 59.5 Å². The number of nitrogens with two attached hydrogens (primary N) is 1. The van der Waals surface area contributed by atoms with E-state index >= 15 is 0 Å². The van der Waals surface area contributed by atoms with Crippen molar-refractivity contribution >= 4 is 39.0 Å². The molecule has 1 amide bonds. The number of halogens is 4. The fraction of sp³-hybridized carbons (Fsp3) is 0.273. The molecule has 0 radical (unpaired) electrons. The van der Waals surface area contributed by atoms with Crippen LogP contribution in [0.15, 0.2) is 46.7 Å². The Morgan fingerprint density at radius 3 is 2.41 bits per heavy atom. The van der Waals surface area contributed by atoms with Gasteiger partial charge < -0.3 is 4.90 Å². The summed E-state index contributed by atoms with van der Waals surface area (Å²) >= 11 is 1.11. The van der Waals surface area contributed by atoms with Crippen molar-refractivity contribution in [3.8, 4) is 11.1 Å². The van der Waals surface area contributed by atoms with E-state index in [0.29, 0.717) is 39.8 Å². The molecular formula is C22H20F4N4O2S2. The predicted octanol–water partition coefficient (Wildman–Crippen LogP) is 4.36. The van der Waals surface area contributed by atoms with Crippen LogP contribution in [0.4, 0.5) is 28.4 Å². The Morgan fingerprint density at radius 1 is 1.21 bits per heavy atom. The number of hydrogen-bond acceptors (Lipinski definition) is 5. The van der Waals surface area contributed by atoms with Gasteiger partial charge in [0.25, 0.3) is 0 Å². The minimum Gasteiger partial charge on any atom is -0.370 e. The summed E-state index contributed by atoms with van der Waals surface area (Å²) in [6.07, 6.45) is -4.56. The van der Waals surface area contributed by atoms with Crippen molar-refractivity contribution in [2.24, 2.45) is 11.1 Å². The molecule has 0 saturated carbocycles. The van der Waals surface area contributed by atoms with Gasteiger partial charge in [0, 0.05) is 31.4 Å². The van der Waals surface area contributed by atoms with Crippen LogP contribution >= 0.6 is 11.3 Å². The van der Waals surface area contributed by atoms with Crippen LogP contribution in [-0.2, 0) is 22.0 Å². The molecule has 2 N–H and O–H groups in total. The summed E-state index contributed by atoms with van der Waals surface area (Å²) in [5, 5.41) is 5.85. The summed E-state index contributed by atoms with van der Waals surface area (Å²) in [5.74, 6) is -1.15. The van der Waals surface area contributed by atoms with Crippen LogP contribution in [0.3, 0.4) is 0 Å². The number of carbonyl (C=O) groups is 1. The van der Waals surface area contributed by atoms with E-state index in [1.807, 2.05) is 4.90 Å². The lowest BCUT2D eigenvalue weighted by molar-refractivity contribution is -0.137. The van der Waals surface area contributed by atoms with Crippen molar-refractivity contribution < 1.29 is 26.6 Å². The molecule has 6 nitrogen and oxygen atoms in total. The van der Waals surface area contributed by atoms with Crippen LogP contribution in [0.5, 0.6) is 0 Å². The van der Waals surface area contributed by atoms with Crippen LogP contribution in [0.25, 0.3) is 11.1 Å². The van der Waals surface area contributed by atoms with Crippen molar-refractivity contribution in [2.45, 2.75) is 17.3 Å². The Morgan fingerprint density at radius 2 is 1.85 bits per heavy atom. The molecule has 0 aliphatic carbocycles. The monoisotopic (exact) mass is 512 g/mol. The number of alkyl halides is 3. The maximum Gasteiger partial charge on any atom is 0.416 e. The number of hydrogen-bond donors (Lipinski definition) is 1. The van der Waals surface area contributed by atoms with Crippen LogP contribution in [0, 0.1) is 18.7 Å².